The summed E-state index contributed by atoms with van der Waals surface area (Å²) in [4.78, 5) is 16.7. The van der Waals surface area contributed by atoms with E-state index in [1.165, 1.54) is 11.1 Å². The van der Waals surface area contributed by atoms with Gasteiger partial charge in [-0.25, -0.2) is 0 Å². The quantitative estimate of drug-likeness (QED) is 0.692. The number of hydrogen-bond donors (Lipinski definition) is 0. The Hall–Kier alpha value is -3.43. The Bertz CT molecular complexity index is 1010. The van der Waals surface area contributed by atoms with Crippen molar-refractivity contribution in [3.05, 3.63) is 83.7 Å². The molecule has 4 rings (SSSR count). The molecule has 0 spiro atoms. The molecular weight excluding hydrogens is 350 g/mol. The highest BCUT2D eigenvalue weighted by Crippen LogP contribution is 2.23. The number of benzene rings is 2. The minimum absolute atomic E-state index is 0.0264. The highest BCUT2D eigenvalue weighted by Gasteiger charge is 2.26. The Kier molecular flexibility index (Phi) is 5.18. The number of anilines is 1. The first kappa shape index (κ1) is 18.0. The molecule has 140 valence electrons. The molecule has 1 aromatic heterocycles. The van der Waals surface area contributed by atoms with Crippen LogP contribution in [0.25, 0.3) is 0 Å². The SMILES string of the molecule is N#Cc1ccccc1N1CCN(Cc2ccccc2Cn2cccn2)CC1=O. The Morgan fingerprint density at radius 3 is 2.43 bits per heavy atom. The second-order valence-electron chi connectivity index (χ2n) is 6.86. The van der Waals surface area contributed by atoms with Crippen LogP contribution in [0.5, 0.6) is 0 Å². The van der Waals surface area contributed by atoms with Crippen molar-refractivity contribution >= 4 is 11.6 Å². The van der Waals surface area contributed by atoms with Crippen LogP contribution in [0.3, 0.4) is 0 Å². The lowest BCUT2D eigenvalue weighted by Gasteiger charge is -2.35. The van der Waals surface area contributed by atoms with Gasteiger partial charge in [-0.05, 0) is 29.3 Å². The standard InChI is InChI=1S/C22H21N5O/c23-14-18-6-3-4-9-21(18)27-13-12-25(17-22(27)28)15-19-7-1-2-8-20(19)16-26-11-5-10-24-26/h1-11H,12-13,15-17H2. The van der Waals surface area contributed by atoms with Crippen molar-refractivity contribution in [1.29, 1.82) is 5.26 Å². The maximum atomic E-state index is 12.8. The number of hydrogen-bond acceptors (Lipinski definition) is 4. The van der Waals surface area contributed by atoms with Crippen LogP contribution >= 0.6 is 0 Å². The summed E-state index contributed by atoms with van der Waals surface area (Å²) in [5.74, 6) is 0.0264. The van der Waals surface area contributed by atoms with Crippen molar-refractivity contribution in [2.75, 3.05) is 24.5 Å². The number of carbonyl (C=O) groups is 1. The van der Waals surface area contributed by atoms with Gasteiger partial charge in [-0.3, -0.25) is 14.4 Å². The van der Waals surface area contributed by atoms with E-state index in [1.807, 2.05) is 47.3 Å². The third-order valence-corrected chi connectivity index (χ3v) is 5.02. The Morgan fingerprint density at radius 1 is 0.964 bits per heavy atom. The molecule has 2 heterocycles. The van der Waals surface area contributed by atoms with Gasteiger partial charge in [-0.1, -0.05) is 36.4 Å². The fourth-order valence-electron chi connectivity index (χ4n) is 3.59. The van der Waals surface area contributed by atoms with Gasteiger partial charge in [-0.2, -0.15) is 10.4 Å². The normalized spacial score (nSPS) is 14.8. The van der Waals surface area contributed by atoms with Crippen molar-refractivity contribution in [3.63, 3.8) is 0 Å². The van der Waals surface area contributed by atoms with Gasteiger partial charge in [0.15, 0.2) is 0 Å². The van der Waals surface area contributed by atoms with Gasteiger partial charge in [0.05, 0.1) is 24.3 Å². The zero-order chi connectivity index (χ0) is 19.3. The first-order valence-electron chi connectivity index (χ1n) is 9.30. The van der Waals surface area contributed by atoms with Gasteiger partial charge < -0.3 is 4.90 Å². The first-order valence-corrected chi connectivity index (χ1v) is 9.30. The van der Waals surface area contributed by atoms with E-state index < -0.39 is 0 Å². The van der Waals surface area contributed by atoms with Gasteiger partial charge >= 0.3 is 0 Å². The molecule has 1 aliphatic rings. The Balaban J connectivity index is 1.46. The summed E-state index contributed by atoms with van der Waals surface area (Å²) in [6, 6.07) is 19.6. The summed E-state index contributed by atoms with van der Waals surface area (Å²) < 4.78 is 1.90. The zero-order valence-corrected chi connectivity index (χ0v) is 15.5. The topological polar surface area (TPSA) is 65.2 Å². The van der Waals surface area contributed by atoms with Crippen molar-refractivity contribution < 1.29 is 4.79 Å². The molecule has 1 aliphatic heterocycles. The third kappa shape index (κ3) is 3.80. The van der Waals surface area contributed by atoms with Gasteiger partial charge in [-0.15, -0.1) is 0 Å². The molecule has 0 saturated carbocycles. The van der Waals surface area contributed by atoms with Gasteiger partial charge in [0.1, 0.15) is 6.07 Å². The molecule has 1 amide bonds. The molecule has 0 radical (unpaired) electrons. The second kappa shape index (κ2) is 8.07. The van der Waals surface area contributed by atoms with E-state index in [0.717, 1.165) is 13.1 Å². The van der Waals surface area contributed by atoms with E-state index >= 15 is 0 Å². The largest absolute Gasteiger partial charge is 0.309 e. The minimum Gasteiger partial charge on any atom is -0.309 e. The van der Waals surface area contributed by atoms with E-state index in [2.05, 4.69) is 28.2 Å². The highest BCUT2D eigenvalue weighted by molar-refractivity contribution is 5.96. The fraction of sp³-hybridized carbons (Fsp3) is 0.227. The van der Waals surface area contributed by atoms with Gasteiger partial charge in [0.2, 0.25) is 5.91 Å². The zero-order valence-electron chi connectivity index (χ0n) is 15.5. The Morgan fingerprint density at radius 2 is 1.71 bits per heavy atom. The number of carbonyl (C=O) groups excluding carboxylic acids is 1. The minimum atomic E-state index is 0.0264. The lowest BCUT2D eigenvalue weighted by atomic mass is 10.1. The van der Waals surface area contributed by atoms with Crippen LogP contribution in [0.4, 0.5) is 5.69 Å². The average Bonchev–Trinajstić information content (AvgIpc) is 3.23. The van der Waals surface area contributed by atoms with Crippen LogP contribution in [0.1, 0.15) is 16.7 Å². The number of piperazine rings is 1. The highest BCUT2D eigenvalue weighted by atomic mass is 16.2. The predicted octanol–water partition coefficient (Wildman–Crippen LogP) is 2.65. The third-order valence-electron chi connectivity index (χ3n) is 5.02. The van der Waals surface area contributed by atoms with Crippen LogP contribution in [-0.4, -0.2) is 40.2 Å². The summed E-state index contributed by atoms with van der Waals surface area (Å²) in [7, 11) is 0. The molecule has 0 N–H and O–H groups in total. The predicted molar refractivity (Wildman–Crippen MR) is 107 cm³/mol. The molecule has 0 atom stereocenters. The fourth-order valence-corrected chi connectivity index (χ4v) is 3.59. The number of amides is 1. The lowest BCUT2D eigenvalue weighted by Crippen LogP contribution is -2.50. The summed E-state index contributed by atoms with van der Waals surface area (Å²) in [5, 5.41) is 13.6. The number of nitrogens with zero attached hydrogens (tertiary/aromatic N) is 5. The maximum Gasteiger partial charge on any atom is 0.241 e. The molecule has 1 saturated heterocycles. The monoisotopic (exact) mass is 371 g/mol. The van der Waals surface area contributed by atoms with E-state index in [0.29, 0.717) is 30.9 Å². The van der Waals surface area contributed by atoms with Crippen molar-refractivity contribution in [1.82, 2.24) is 14.7 Å². The number of nitriles is 1. The van der Waals surface area contributed by atoms with Gasteiger partial charge in [0.25, 0.3) is 0 Å². The van der Waals surface area contributed by atoms with Crippen LogP contribution in [-0.2, 0) is 17.9 Å². The second-order valence-corrected chi connectivity index (χ2v) is 6.86. The molecule has 2 aromatic carbocycles. The van der Waals surface area contributed by atoms with Crippen molar-refractivity contribution in [2.45, 2.75) is 13.1 Å². The molecule has 28 heavy (non-hydrogen) atoms. The first-order chi connectivity index (χ1) is 13.7. The molecule has 0 unspecified atom stereocenters. The summed E-state index contributed by atoms with van der Waals surface area (Å²) in [6.45, 7) is 3.12. The number of rotatable bonds is 5. The molecule has 1 fully saturated rings. The lowest BCUT2D eigenvalue weighted by molar-refractivity contribution is -0.121. The van der Waals surface area contributed by atoms with Crippen LogP contribution in [0.2, 0.25) is 0 Å². The summed E-state index contributed by atoms with van der Waals surface area (Å²) >= 11 is 0. The van der Waals surface area contributed by atoms with E-state index in [1.54, 1.807) is 17.2 Å². The molecular formula is C22H21N5O. The maximum absolute atomic E-state index is 12.8. The van der Waals surface area contributed by atoms with Crippen molar-refractivity contribution in [3.8, 4) is 6.07 Å². The van der Waals surface area contributed by atoms with E-state index in [9.17, 15) is 10.1 Å². The smallest absolute Gasteiger partial charge is 0.241 e. The Labute approximate surface area is 164 Å². The van der Waals surface area contributed by atoms with E-state index in [-0.39, 0.29) is 5.91 Å². The molecule has 6 nitrogen and oxygen atoms in total. The molecule has 3 aromatic rings. The summed E-state index contributed by atoms with van der Waals surface area (Å²) in [5.41, 5.74) is 3.65. The van der Waals surface area contributed by atoms with Crippen LogP contribution in [0.15, 0.2) is 67.0 Å². The summed E-state index contributed by atoms with van der Waals surface area (Å²) in [6.07, 6.45) is 3.73. The molecule has 6 heteroatoms. The molecule has 0 aliphatic carbocycles. The van der Waals surface area contributed by atoms with E-state index in [4.69, 9.17) is 0 Å². The number of aromatic nitrogens is 2. The number of para-hydroxylation sites is 1. The van der Waals surface area contributed by atoms with Gasteiger partial charge in [0, 0.05) is 32.0 Å². The molecule has 0 bridgehead atoms. The van der Waals surface area contributed by atoms with Crippen molar-refractivity contribution in [2.24, 2.45) is 0 Å². The van der Waals surface area contributed by atoms with Crippen LogP contribution in [0, 0.1) is 11.3 Å². The van der Waals surface area contributed by atoms with Crippen LogP contribution < -0.4 is 4.90 Å². The average molecular weight is 371 g/mol.